The van der Waals surface area contributed by atoms with Crippen LogP contribution in [0.4, 0.5) is 14.6 Å². The van der Waals surface area contributed by atoms with Gasteiger partial charge in [-0.05, 0) is 18.6 Å². The zero-order valence-corrected chi connectivity index (χ0v) is 12.3. The van der Waals surface area contributed by atoms with Crippen molar-refractivity contribution >= 4 is 5.82 Å². The first-order chi connectivity index (χ1) is 11.2. The Hall–Kier alpha value is -2.90. The summed E-state index contributed by atoms with van der Waals surface area (Å²) in [7, 11) is 0. The summed E-state index contributed by atoms with van der Waals surface area (Å²) in [5, 5.41) is 6.56. The summed E-state index contributed by atoms with van der Waals surface area (Å²) < 4.78 is 32.3. The number of halogens is 2. The molecule has 6 nitrogen and oxygen atoms in total. The van der Waals surface area contributed by atoms with Gasteiger partial charge in [-0.15, -0.1) is 0 Å². The van der Waals surface area contributed by atoms with E-state index in [1.807, 2.05) is 0 Å². The number of aryl methyl sites for hydroxylation is 1. The number of aromatic nitrogens is 4. The maximum atomic E-state index is 14.0. The van der Waals surface area contributed by atoms with Crippen LogP contribution in [0.3, 0.4) is 0 Å². The van der Waals surface area contributed by atoms with Gasteiger partial charge in [0.05, 0.1) is 12.2 Å². The molecule has 118 valence electrons. The molecule has 1 aromatic carbocycles. The molecule has 3 rings (SSSR count). The Bertz CT molecular complexity index is 821. The average molecular weight is 317 g/mol. The van der Waals surface area contributed by atoms with Gasteiger partial charge in [0, 0.05) is 5.56 Å². The van der Waals surface area contributed by atoms with Crippen molar-refractivity contribution in [3.8, 4) is 11.4 Å². The van der Waals surface area contributed by atoms with Crippen LogP contribution in [-0.2, 0) is 13.0 Å². The molecule has 0 fully saturated rings. The summed E-state index contributed by atoms with van der Waals surface area (Å²) >= 11 is 0. The molecule has 23 heavy (non-hydrogen) atoms. The van der Waals surface area contributed by atoms with Crippen LogP contribution in [0, 0.1) is 11.6 Å². The highest BCUT2D eigenvalue weighted by atomic mass is 19.1. The van der Waals surface area contributed by atoms with Gasteiger partial charge in [0.2, 0.25) is 11.7 Å². The molecule has 1 N–H and O–H groups in total. The van der Waals surface area contributed by atoms with Crippen molar-refractivity contribution in [2.45, 2.75) is 19.9 Å². The van der Waals surface area contributed by atoms with Crippen LogP contribution in [0.1, 0.15) is 18.5 Å². The van der Waals surface area contributed by atoms with E-state index in [-0.39, 0.29) is 29.9 Å². The predicted octanol–water partition coefficient (Wildman–Crippen LogP) is 2.98. The third kappa shape index (κ3) is 3.31. The quantitative estimate of drug-likeness (QED) is 0.779. The van der Waals surface area contributed by atoms with Crippen molar-refractivity contribution in [1.29, 1.82) is 0 Å². The fourth-order valence-electron chi connectivity index (χ4n) is 2.01. The fourth-order valence-corrected chi connectivity index (χ4v) is 2.01. The number of nitrogens with zero attached hydrogens (tertiary/aromatic N) is 4. The molecule has 2 heterocycles. The molecule has 0 radical (unpaired) electrons. The van der Waals surface area contributed by atoms with E-state index in [0.29, 0.717) is 17.7 Å². The topological polar surface area (TPSA) is 76.7 Å². The second-order valence-corrected chi connectivity index (χ2v) is 4.71. The number of anilines is 1. The lowest BCUT2D eigenvalue weighted by molar-refractivity contribution is 0.383. The summed E-state index contributed by atoms with van der Waals surface area (Å²) in [5.74, 6) is -0.316. The highest BCUT2D eigenvalue weighted by molar-refractivity contribution is 5.53. The van der Waals surface area contributed by atoms with Crippen LogP contribution < -0.4 is 5.32 Å². The third-order valence-electron chi connectivity index (χ3n) is 3.15. The largest absolute Gasteiger partial charge is 0.358 e. The van der Waals surface area contributed by atoms with Crippen molar-refractivity contribution < 1.29 is 13.3 Å². The minimum absolute atomic E-state index is 0.0716. The second kappa shape index (κ2) is 6.47. The van der Waals surface area contributed by atoms with Crippen LogP contribution in [-0.4, -0.2) is 20.1 Å². The molecule has 0 spiro atoms. The van der Waals surface area contributed by atoms with Gasteiger partial charge >= 0.3 is 0 Å². The highest BCUT2D eigenvalue weighted by Crippen LogP contribution is 2.18. The van der Waals surface area contributed by atoms with E-state index in [2.05, 4.69) is 25.4 Å². The lowest BCUT2D eigenvalue weighted by atomic mass is 10.2. The smallest absolute Gasteiger partial charge is 0.246 e. The van der Waals surface area contributed by atoms with E-state index in [1.165, 1.54) is 18.5 Å². The predicted molar refractivity (Wildman–Crippen MR) is 78.4 cm³/mol. The molecule has 2 aromatic heterocycles. The van der Waals surface area contributed by atoms with Gasteiger partial charge in [-0.1, -0.05) is 24.2 Å². The Kier molecular flexibility index (Phi) is 4.22. The third-order valence-corrected chi connectivity index (χ3v) is 3.15. The van der Waals surface area contributed by atoms with Gasteiger partial charge < -0.3 is 9.84 Å². The zero-order chi connectivity index (χ0) is 16.2. The van der Waals surface area contributed by atoms with Gasteiger partial charge in [0.15, 0.2) is 11.6 Å². The van der Waals surface area contributed by atoms with Gasteiger partial charge in [-0.3, -0.25) is 0 Å². The molecule has 0 saturated heterocycles. The molecule has 0 unspecified atom stereocenters. The van der Waals surface area contributed by atoms with Gasteiger partial charge in [0.25, 0.3) is 0 Å². The summed E-state index contributed by atoms with van der Waals surface area (Å²) in [6.45, 7) is 1.90. The van der Waals surface area contributed by atoms with Crippen molar-refractivity contribution in [3.05, 3.63) is 53.8 Å². The standard InChI is InChI=1S/C15H13F2N5O/c1-2-11-13(17)15(20-8-19-11)18-7-12-21-14(22-23-12)9-4-3-5-10(16)6-9/h3-6,8H,2,7H2,1H3,(H,18,19,20). The Balaban J connectivity index is 1.73. The van der Waals surface area contributed by atoms with Crippen molar-refractivity contribution in [3.63, 3.8) is 0 Å². The first kappa shape index (κ1) is 15.0. The van der Waals surface area contributed by atoms with Crippen molar-refractivity contribution in [2.24, 2.45) is 0 Å². The van der Waals surface area contributed by atoms with E-state index >= 15 is 0 Å². The van der Waals surface area contributed by atoms with Gasteiger partial charge in [-0.25, -0.2) is 18.7 Å². The Morgan fingerprint density at radius 1 is 1.22 bits per heavy atom. The number of nitrogens with one attached hydrogen (secondary N) is 1. The molecule has 0 atom stereocenters. The van der Waals surface area contributed by atoms with Crippen LogP contribution in [0.25, 0.3) is 11.4 Å². The lowest BCUT2D eigenvalue weighted by Crippen LogP contribution is -2.07. The first-order valence-electron chi connectivity index (χ1n) is 6.99. The highest BCUT2D eigenvalue weighted by Gasteiger charge is 2.12. The Labute approximate surface area is 130 Å². The van der Waals surface area contributed by atoms with E-state index < -0.39 is 5.82 Å². The molecule has 0 aliphatic carbocycles. The van der Waals surface area contributed by atoms with E-state index in [4.69, 9.17) is 4.52 Å². The average Bonchev–Trinajstić information content (AvgIpc) is 3.03. The number of hydrogen-bond donors (Lipinski definition) is 1. The summed E-state index contributed by atoms with van der Waals surface area (Å²) in [6.07, 6.45) is 1.75. The monoisotopic (exact) mass is 317 g/mol. The SMILES string of the molecule is CCc1ncnc(NCc2nc(-c3cccc(F)c3)no2)c1F. The Morgan fingerprint density at radius 2 is 2.09 bits per heavy atom. The molecular weight excluding hydrogens is 304 g/mol. The second-order valence-electron chi connectivity index (χ2n) is 4.71. The normalized spacial score (nSPS) is 10.7. The molecule has 0 aliphatic rings. The molecular formula is C15H13F2N5O. The maximum absolute atomic E-state index is 14.0. The Morgan fingerprint density at radius 3 is 2.87 bits per heavy atom. The number of rotatable bonds is 5. The first-order valence-corrected chi connectivity index (χ1v) is 6.99. The number of benzene rings is 1. The lowest BCUT2D eigenvalue weighted by Gasteiger charge is -2.05. The van der Waals surface area contributed by atoms with E-state index in [0.717, 1.165) is 0 Å². The van der Waals surface area contributed by atoms with Crippen LogP contribution in [0.5, 0.6) is 0 Å². The maximum Gasteiger partial charge on any atom is 0.246 e. The molecule has 3 aromatic rings. The minimum Gasteiger partial charge on any atom is -0.358 e. The number of hydrogen-bond acceptors (Lipinski definition) is 6. The molecule has 0 aliphatic heterocycles. The van der Waals surface area contributed by atoms with E-state index in [1.54, 1.807) is 19.1 Å². The fraction of sp³-hybridized carbons (Fsp3) is 0.200. The zero-order valence-electron chi connectivity index (χ0n) is 12.3. The summed E-state index contributed by atoms with van der Waals surface area (Å²) in [6, 6.07) is 5.86. The van der Waals surface area contributed by atoms with Crippen LogP contribution in [0.15, 0.2) is 35.1 Å². The van der Waals surface area contributed by atoms with Gasteiger partial charge in [-0.2, -0.15) is 4.98 Å². The molecule has 0 bridgehead atoms. The molecule has 0 saturated carbocycles. The van der Waals surface area contributed by atoms with E-state index in [9.17, 15) is 8.78 Å². The molecule has 8 heteroatoms. The van der Waals surface area contributed by atoms with Crippen LogP contribution in [0.2, 0.25) is 0 Å². The minimum atomic E-state index is -0.500. The van der Waals surface area contributed by atoms with Crippen molar-refractivity contribution in [2.75, 3.05) is 5.32 Å². The summed E-state index contributed by atoms with van der Waals surface area (Å²) in [4.78, 5) is 11.8. The van der Waals surface area contributed by atoms with Crippen LogP contribution >= 0.6 is 0 Å². The van der Waals surface area contributed by atoms with Crippen molar-refractivity contribution in [1.82, 2.24) is 20.1 Å². The summed E-state index contributed by atoms with van der Waals surface area (Å²) in [5.41, 5.74) is 0.829. The van der Waals surface area contributed by atoms with Gasteiger partial charge in [0.1, 0.15) is 12.1 Å². The molecule has 0 amide bonds.